The Bertz CT molecular complexity index is 762. The van der Waals surface area contributed by atoms with Gasteiger partial charge in [0.05, 0.1) is 17.7 Å². The summed E-state index contributed by atoms with van der Waals surface area (Å²) < 4.78 is 13.3. The maximum Gasteiger partial charge on any atom is 0.263 e. The van der Waals surface area contributed by atoms with E-state index >= 15 is 0 Å². The Morgan fingerprint density at radius 1 is 1.38 bits per heavy atom. The molecule has 2 aromatic rings. The molecule has 0 saturated carbocycles. The van der Waals surface area contributed by atoms with Gasteiger partial charge < -0.3 is 15.5 Å². The number of carbonyl (C=O) groups excluding carboxylic acids is 1. The maximum absolute atomic E-state index is 13.3. The molecule has 0 bridgehead atoms. The number of aromatic nitrogens is 1. The van der Waals surface area contributed by atoms with Crippen molar-refractivity contribution in [2.45, 2.75) is 20.4 Å². The Morgan fingerprint density at radius 3 is 2.85 bits per heavy atom. The summed E-state index contributed by atoms with van der Waals surface area (Å²) in [7, 11) is 1.89. The molecule has 0 aliphatic heterocycles. The van der Waals surface area contributed by atoms with Crippen LogP contribution in [-0.2, 0) is 6.54 Å². The number of carbonyl (C=O) groups is 1. The second kappa shape index (κ2) is 9.86. The van der Waals surface area contributed by atoms with Gasteiger partial charge in [0, 0.05) is 26.7 Å². The molecule has 0 spiro atoms. The standard InChI is InChI=1S/C18H24FN5OS/c1-4-20-18(24(3)11-14-6-5-7-15(19)10-14)22-9-8-21-17(25)16-13(2)23-12-26-16/h5-7,10,12H,4,8-9,11H2,1-3H3,(H,20,22)(H,21,25). The van der Waals surface area contributed by atoms with Gasteiger partial charge in [0.25, 0.3) is 5.91 Å². The van der Waals surface area contributed by atoms with Gasteiger partial charge in [-0.3, -0.25) is 9.79 Å². The Morgan fingerprint density at radius 2 is 2.19 bits per heavy atom. The highest BCUT2D eigenvalue weighted by Crippen LogP contribution is 2.11. The van der Waals surface area contributed by atoms with Crippen LogP contribution in [0.25, 0.3) is 0 Å². The third kappa shape index (κ3) is 5.80. The van der Waals surface area contributed by atoms with Crippen molar-refractivity contribution >= 4 is 23.2 Å². The summed E-state index contributed by atoms with van der Waals surface area (Å²) in [6.07, 6.45) is 0. The predicted octanol–water partition coefficient (Wildman–Crippen LogP) is 2.42. The average Bonchev–Trinajstić information content (AvgIpc) is 3.03. The molecule has 2 N–H and O–H groups in total. The number of halogens is 1. The van der Waals surface area contributed by atoms with Crippen molar-refractivity contribution in [3.05, 3.63) is 51.7 Å². The van der Waals surface area contributed by atoms with E-state index in [0.717, 1.165) is 17.8 Å². The van der Waals surface area contributed by atoms with E-state index in [0.29, 0.717) is 30.5 Å². The van der Waals surface area contributed by atoms with Crippen LogP contribution in [0.15, 0.2) is 34.8 Å². The molecule has 26 heavy (non-hydrogen) atoms. The Hall–Kier alpha value is -2.48. The van der Waals surface area contributed by atoms with Crippen molar-refractivity contribution in [2.24, 2.45) is 4.99 Å². The molecule has 2 rings (SSSR count). The first-order valence-electron chi connectivity index (χ1n) is 8.43. The molecule has 1 heterocycles. The molecule has 140 valence electrons. The van der Waals surface area contributed by atoms with Gasteiger partial charge >= 0.3 is 0 Å². The van der Waals surface area contributed by atoms with Gasteiger partial charge in [0.2, 0.25) is 0 Å². The number of nitrogens with one attached hydrogen (secondary N) is 2. The Balaban J connectivity index is 1.89. The van der Waals surface area contributed by atoms with Crippen LogP contribution in [0.1, 0.15) is 27.9 Å². The van der Waals surface area contributed by atoms with Crippen LogP contribution in [0.2, 0.25) is 0 Å². The van der Waals surface area contributed by atoms with E-state index in [2.05, 4.69) is 20.6 Å². The molecule has 0 fully saturated rings. The summed E-state index contributed by atoms with van der Waals surface area (Å²) in [5.41, 5.74) is 3.26. The van der Waals surface area contributed by atoms with Crippen LogP contribution in [0.5, 0.6) is 0 Å². The maximum atomic E-state index is 13.3. The number of aryl methyl sites for hydroxylation is 1. The summed E-state index contributed by atoms with van der Waals surface area (Å²) in [6, 6.07) is 6.51. The lowest BCUT2D eigenvalue weighted by Gasteiger charge is -2.22. The monoisotopic (exact) mass is 377 g/mol. The fraction of sp³-hybridized carbons (Fsp3) is 0.389. The van der Waals surface area contributed by atoms with Gasteiger partial charge in [0.15, 0.2) is 5.96 Å². The number of benzene rings is 1. The van der Waals surface area contributed by atoms with E-state index in [1.807, 2.05) is 31.9 Å². The number of rotatable bonds is 7. The summed E-state index contributed by atoms with van der Waals surface area (Å²) in [5, 5.41) is 6.05. The fourth-order valence-electron chi connectivity index (χ4n) is 2.39. The fourth-order valence-corrected chi connectivity index (χ4v) is 3.10. The van der Waals surface area contributed by atoms with Gasteiger partial charge in [-0.15, -0.1) is 11.3 Å². The highest BCUT2D eigenvalue weighted by atomic mass is 32.1. The van der Waals surface area contributed by atoms with Crippen LogP contribution >= 0.6 is 11.3 Å². The highest BCUT2D eigenvalue weighted by molar-refractivity contribution is 7.11. The third-order valence-electron chi connectivity index (χ3n) is 3.62. The van der Waals surface area contributed by atoms with Gasteiger partial charge in [-0.25, -0.2) is 9.37 Å². The van der Waals surface area contributed by atoms with E-state index in [1.54, 1.807) is 11.6 Å². The molecule has 1 aromatic carbocycles. The smallest absolute Gasteiger partial charge is 0.263 e. The molecule has 1 aromatic heterocycles. The summed E-state index contributed by atoms with van der Waals surface area (Å²) >= 11 is 1.33. The first-order valence-corrected chi connectivity index (χ1v) is 9.31. The van der Waals surface area contributed by atoms with Gasteiger partial charge in [0.1, 0.15) is 10.7 Å². The number of hydrogen-bond donors (Lipinski definition) is 2. The molecule has 8 heteroatoms. The molecule has 0 aliphatic carbocycles. The highest BCUT2D eigenvalue weighted by Gasteiger charge is 2.11. The first-order chi connectivity index (χ1) is 12.5. The summed E-state index contributed by atoms with van der Waals surface area (Å²) in [4.78, 5) is 23.2. The third-order valence-corrected chi connectivity index (χ3v) is 4.54. The number of nitrogens with zero attached hydrogens (tertiary/aromatic N) is 3. The number of aliphatic imine (C=N–C) groups is 1. The van der Waals surface area contributed by atoms with Crippen LogP contribution in [0.3, 0.4) is 0 Å². The average molecular weight is 377 g/mol. The molecule has 0 unspecified atom stereocenters. The zero-order valence-corrected chi connectivity index (χ0v) is 16.1. The first kappa shape index (κ1) is 19.8. The Kier molecular flexibility index (Phi) is 7.53. The number of thiazole rings is 1. The van der Waals surface area contributed by atoms with Crippen LogP contribution in [0.4, 0.5) is 4.39 Å². The lowest BCUT2D eigenvalue weighted by molar-refractivity contribution is 0.0958. The molecule has 0 saturated heterocycles. The van der Waals surface area contributed by atoms with E-state index in [1.165, 1.54) is 23.5 Å². The van der Waals surface area contributed by atoms with Crippen LogP contribution < -0.4 is 10.6 Å². The summed E-state index contributed by atoms with van der Waals surface area (Å²) in [6.45, 7) is 5.93. The number of hydrogen-bond acceptors (Lipinski definition) is 4. The molecule has 0 radical (unpaired) electrons. The van der Waals surface area contributed by atoms with Gasteiger partial charge in [-0.1, -0.05) is 12.1 Å². The van der Waals surface area contributed by atoms with E-state index in [-0.39, 0.29) is 11.7 Å². The Labute approximate surface area is 157 Å². The van der Waals surface area contributed by atoms with Crippen molar-refractivity contribution in [1.82, 2.24) is 20.5 Å². The van der Waals surface area contributed by atoms with Gasteiger partial charge in [-0.05, 0) is 31.5 Å². The lowest BCUT2D eigenvalue weighted by Crippen LogP contribution is -2.39. The normalized spacial score (nSPS) is 11.3. The molecular formula is C18H24FN5OS. The quantitative estimate of drug-likeness (QED) is 0.442. The van der Waals surface area contributed by atoms with Crippen LogP contribution in [0, 0.1) is 12.7 Å². The summed E-state index contributed by atoms with van der Waals surface area (Å²) in [5.74, 6) is 0.331. The second-order valence-electron chi connectivity index (χ2n) is 5.74. The SMILES string of the molecule is CCNC(=NCCNC(=O)c1scnc1C)N(C)Cc1cccc(F)c1. The van der Waals surface area contributed by atoms with Gasteiger partial charge in [-0.2, -0.15) is 0 Å². The molecule has 0 aliphatic rings. The van der Waals surface area contributed by atoms with Crippen LogP contribution in [-0.4, -0.2) is 48.4 Å². The number of amides is 1. The molecular weight excluding hydrogens is 353 g/mol. The van der Waals surface area contributed by atoms with Crippen molar-refractivity contribution < 1.29 is 9.18 Å². The van der Waals surface area contributed by atoms with Crippen molar-refractivity contribution in [1.29, 1.82) is 0 Å². The largest absolute Gasteiger partial charge is 0.357 e. The topological polar surface area (TPSA) is 69.6 Å². The molecule has 6 nitrogen and oxygen atoms in total. The minimum Gasteiger partial charge on any atom is -0.357 e. The zero-order valence-electron chi connectivity index (χ0n) is 15.3. The van der Waals surface area contributed by atoms with E-state index < -0.39 is 0 Å². The van der Waals surface area contributed by atoms with E-state index in [9.17, 15) is 9.18 Å². The number of guanidine groups is 1. The van der Waals surface area contributed by atoms with E-state index in [4.69, 9.17) is 0 Å². The molecule has 1 amide bonds. The predicted molar refractivity (Wildman–Crippen MR) is 103 cm³/mol. The zero-order chi connectivity index (χ0) is 18.9. The second-order valence-corrected chi connectivity index (χ2v) is 6.60. The lowest BCUT2D eigenvalue weighted by atomic mass is 10.2. The minimum absolute atomic E-state index is 0.127. The van der Waals surface area contributed by atoms with Crippen molar-refractivity contribution in [3.8, 4) is 0 Å². The minimum atomic E-state index is -0.251. The molecule has 0 atom stereocenters. The van der Waals surface area contributed by atoms with Crippen molar-refractivity contribution in [2.75, 3.05) is 26.7 Å². The van der Waals surface area contributed by atoms with Crippen molar-refractivity contribution in [3.63, 3.8) is 0 Å².